The number of hydrogen-bond donors (Lipinski definition) is 2. The van der Waals surface area contributed by atoms with Crippen LogP contribution in [0.2, 0.25) is 0 Å². The van der Waals surface area contributed by atoms with Crippen LogP contribution in [0, 0.1) is 5.92 Å². The summed E-state index contributed by atoms with van der Waals surface area (Å²) in [6.45, 7) is 4.30. The van der Waals surface area contributed by atoms with Gasteiger partial charge in [0.2, 0.25) is 0 Å². The Hall–Kier alpha value is -2.17. The van der Waals surface area contributed by atoms with Crippen LogP contribution in [0.1, 0.15) is 19.5 Å². The summed E-state index contributed by atoms with van der Waals surface area (Å²) in [4.78, 5) is 0. The van der Waals surface area contributed by atoms with Crippen molar-refractivity contribution >= 4 is 5.69 Å². The van der Waals surface area contributed by atoms with Crippen LogP contribution in [0.15, 0.2) is 18.2 Å². The number of nitrogen functional groups attached to an aromatic ring is 1. The molecule has 0 aliphatic rings. The number of aromatic nitrogens is 2. The molecule has 3 N–H and O–H groups in total. The molecule has 0 atom stereocenters. The van der Waals surface area contributed by atoms with Gasteiger partial charge < -0.3 is 15.2 Å². The summed E-state index contributed by atoms with van der Waals surface area (Å²) >= 11 is 0. The highest BCUT2D eigenvalue weighted by atomic mass is 16.5. The van der Waals surface area contributed by atoms with Gasteiger partial charge in [-0.3, -0.25) is 5.10 Å². The molecule has 2 aromatic rings. The van der Waals surface area contributed by atoms with E-state index < -0.39 is 0 Å². The van der Waals surface area contributed by atoms with E-state index in [1.807, 2.05) is 18.2 Å². The first-order valence-corrected chi connectivity index (χ1v) is 6.62. The monoisotopic (exact) mass is 275 g/mol. The minimum Gasteiger partial charge on any atom is -0.493 e. The maximum Gasteiger partial charge on any atom is 0.161 e. The molecule has 0 amide bonds. The molecule has 0 radical (unpaired) electrons. The highest BCUT2D eigenvalue weighted by Crippen LogP contribution is 2.34. The molecule has 0 fully saturated rings. The predicted octanol–water partition coefficient (Wildman–Crippen LogP) is 2.87. The summed E-state index contributed by atoms with van der Waals surface area (Å²) in [6, 6.07) is 5.65. The molecule has 108 valence electrons. The Morgan fingerprint density at radius 1 is 1.20 bits per heavy atom. The van der Waals surface area contributed by atoms with Gasteiger partial charge in [-0.05, 0) is 30.5 Å². The molecule has 5 nitrogen and oxygen atoms in total. The Kier molecular flexibility index (Phi) is 4.17. The highest BCUT2D eigenvalue weighted by molar-refractivity contribution is 5.76. The van der Waals surface area contributed by atoms with Gasteiger partial charge in [-0.15, -0.1) is 0 Å². The van der Waals surface area contributed by atoms with Crippen LogP contribution >= 0.6 is 0 Å². The molecule has 0 bridgehead atoms. The number of anilines is 1. The van der Waals surface area contributed by atoms with Crippen LogP contribution in [0.5, 0.6) is 11.5 Å². The fraction of sp³-hybridized carbons (Fsp3) is 0.400. The molecule has 0 spiro atoms. The van der Waals surface area contributed by atoms with Crippen molar-refractivity contribution in [3.8, 4) is 22.8 Å². The van der Waals surface area contributed by atoms with Crippen molar-refractivity contribution < 1.29 is 9.47 Å². The van der Waals surface area contributed by atoms with Crippen molar-refractivity contribution in [2.45, 2.75) is 20.3 Å². The van der Waals surface area contributed by atoms with Gasteiger partial charge in [0.15, 0.2) is 11.5 Å². The molecule has 0 saturated carbocycles. The molecule has 0 aliphatic carbocycles. The molecule has 1 aromatic carbocycles. The maximum atomic E-state index is 6.18. The second kappa shape index (κ2) is 5.86. The normalized spacial score (nSPS) is 10.8. The Morgan fingerprint density at radius 2 is 1.90 bits per heavy atom. The van der Waals surface area contributed by atoms with Crippen LogP contribution < -0.4 is 15.2 Å². The molecule has 5 heteroatoms. The lowest BCUT2D eigenvalue weighted by Gasteiger charge is -2.09. The first kappa shape index (κ1) is 14.2. The molecule has 2 rings (SSSR count). The Bertz CT molecular complexity index is 591. The number of ether oxygens (including phenoxy) is 2. The average Bonchev–Trinajstić information content (AvgIpc) is 2.79. The molecule has 0 unspecified atom stereocenters. The number of H-pyrrole nitrogens is 1. The molecule has 1 aromatic heterocycles. The van der Waals surface area contributed by atoms with Gasteiger partial charge >= 0.3 is 0 Å². The fourth-order valence-corrected chi connectivity index (χ4v) is 2.15. The summed E-state index contributed by atoms with van der Waals surface area (Å²) in [7, 11) is 3.22. The van der Waals surface area contributed by atoms with Crippen molar-refractivity contribution in [1.29, 1.82) is 0 Å². The molecular weight excluding hydrogens is 254 g/mol. The zero-order valence-corrected chi connectivity index (χ0v) is 12.4. The topological polar surface area (TPSA) is 73.2 Å². The smallest absolute Gasteiger partial charge is 0.161 e. The van der Waals surface area contributed by atoms with Crippen LogP contribution in [0.25, 0.3) is 11.3 Å². The van der Waals surface area contributed by atoms with Crippen molar-refractivity contribution in [1.82, 2.24) is 10.2 Å². The van der Waals surface area contributed by atoms with Gasteiger partial charge in [-0.25, -0.2) is 0 Å². The lowest BCUT2D eigenvalue weighted by atomic mass is 10.0. The highest BCUT2D eigenvalue weighted by Gasteiger charge is 2.15. The van der Waals surface area contributed by atoms with E-state index in [0.717, 1.165) is 23.4 Å². The van der Waals surface area contributed by atoms with Crippen molar-refractivity contribution in [3.05, 3.63) is 23.9 Å². The first-order valence-electron chi connectivity index (χ1n) is 6.62. The number of rotatable bonds is 5. The predicted molar refractivity (Wildman–Crippen MR) is 80.1 cm³/mol. The van der Waals surface area contributed by atoms with Gasteiger partial charge in [0.1, 0.15) is 5.69 Å². The standard InChI is InChI=1S/C15H21N3O2/c1-9(2)7-11-14(16)15(18-17-11)10-5-6-12(19-3)13(8-10)20-4/h5-6,8-9H,7,16H2,1-4H3,(H,17,18). The van der Waals surface area contributed by atoms with Crippen molar-refractivity contribution in [2.24, 2.45) is 5.92 Å². The Balaban J connectivity index is 2.39. The lowest BCUT2D eigenvalue weighted by Crippen LogP contribution is -1.98. The van der Waals surface area contributed by atoms with Crippen LogP contribution in [-0.4, -0.2) is 24.4 Å². The number of hydrogen-bond acceptors (Lipinski definition) is 4. The summed E-state index contributed by atoms with van der Waals surface area (Å²) in [5.74, 6) is 1.88. The average molecular weight is 275 g/mol. The summed E-state index contributed by atoms with van der Waals surface area (Å²) < 4.78 is 10.5. The van der Waals surface area contributed by atoms with Gasteiger partial charge in [0.05, 0.1) is 25.6 Å². The molecule has 1 heterocycles. The summed E-state index contributed by atoms with van der Waals surface area (Å²) in [6.07, 6.45) is 0.881. The van der Waals surface area contributed by atoms with E-state index in [1.165, 1.54) is 0 Å². The molecule has 0 aliphatic heterocycles. The maximum absolute atomic E-state index is 6.18. The van der Waals surface area contributed by atoms with Crippen molar-refractivity contribution in [3.63, 3.8) is 0 Å². The van der Waals surface area contributed by atoms with Gasteiger partial charge in [0.25, 0.3) is 0 Å². The van der Waals surface area contributed by atoms with Gasteiger partial charge in [-0.1, -0.05) is 13.8 Å². The number of aromatic amines is 1. The SMILES string of the molecule is COc1ccc(-c2n[nH]c(CC(C)C)c2N)cc1OC. The van der Waals surface area contributed by atoms with E-state index in [0.29, 0.717) is 23.1 Å². The van der Waals surface area contributed by atoms with E-state index in [4.69, 9.17) is 15.2 Å². The number of nitrogens with two attached hydrogens (primary N) is 1. The summed E-state index contributed by atoms with van der Waals surface area (Å²) in [5.41, 5.74) is 9.52. The molecular formula is C15H21N3O2. The quantitative estimate of drug-likeness (QED) is 0.880. The summed E-state index contributed by atoms with van der Waals surface area (Å²) in [5, 5.41) is 7.35. The van der Waals surface area contributed by atoms with Crippen LogP contribution in [0.4, 0.5) is 5.69 Å². The minimum absolute atomic E-state index is 0.524. The fourth-order valence-electron chi connectivity index (χ4n) is 2.15. The number of methoxy groups -OCH3 is 2. The van der Waals surface area contributed by atoms with Gasteiger partial charge in [0, 0.05) is 5.56 Å². The first-order chi connectivity index (χ1) is 9.56. The molecule has 20 heavy (non-hydrogen) atoms. The van der Waals surface area contributed by atoms with Gasteiger partial charge in [-0.2, -0.15) is 5.10 Å². The third-order valence-corrected chi connectivity index (χ3v) is 3.15. The number of nitrogens with one attached hydrogen (secondary N) is 1. The third kappa shape index (κ3) is 2.71. The second-order valence-electron chi connectivity index (χ2n) is 5.13. The van der Waals surface area contributed by atoms with E-state index in [2.05, 4.69) is 24.0 Å². The van der Waals surface area contributed by atoms with E-state index in [1.54, 1.807) is 14.2 Å². The van der Waals surface area contributed by atoms with Crippen LogP contribution in [0.3, 0.4) is 0 Å². The zero-order valence-electron chi connectivity index (χ0n) is 12.4. The number of benzene rings is 1. The number of nitrogens with zero attached hydrogens (tertiary/aromatic N) is 1. The zero-order chi connectivity index (χ0) is 14.7. The van der Waals surface area contributed by atoms with Crippen LogP contribution in [-0.2, 0) is 6.42 Å². The van der Waals surface area contributed by atoms with E-state index >= 15 is 0 Å². The van der Waals surface area contributed by atoms with E-state index in [9.17, 15) is 0 Å². The Labute approximate surface area is 119 Å². The second-order valence-corrected chi connectivity index (χ2v) is 5.13. The largest absolute Gasteiger partial charge is 0.493 e. The Morgan fingerprint density at radius 3 is 2.50 bits per heavy atom. The third-order valence-electron chi connectivity index (χ3n) is 3.15. The lowest BCUT2D eigenvalue weighted by molar-refractivity contribution is 0.355. The van der Waals surface area contributed by atoms with E-state index in [-0.39, 0.29) is 0 Å². The minimum atomic E-state index is 0.524. The van der Waals surface area contributed by atoms with Crippen molar-refractivity contribution in [2.75, 3.05) is 20.0 Å². The molecule has 0 saturated heterocycles.